The van der Waals surface area contributed by atoms with Gasteiger partial charge in [0.1, 0.15) is 30.1 Å². The van der Waals surface area contributed by atoms with E-state index in [4.69, 9.17) is 33.9 Å². The molecule has 2 saturated heterocycles. The number of fused-ring (bicyclic) bond motifs is 3. The molecule has 15 atom stereocenters. The molecule has 3 fully saturated rings. The summed E-state index contributed by atoms with van der Waals surface area (Å²) in [4.78, 5) is 96.0. The van der Waals surface area contributed by atoms with Crippen molar-refractivity contribution in [1.29, 1.82) is 0 Å². The van der Waals surface area contributed by atoms with E-state index < -0.39 is 101 Å². The predicted octanol–water partition coefficient (Wildman–Crippen LogP) is 6.66. The molecule has 0 unspecified atom stereocenters. The quantitative estimate of drug-likeness (QED) is 0.103. The summed E-state index contributed by atoms with van der Waals surface area (Å²) < 4.78 is 29.4. The molecular formula is C58H84N2O17. The lowest BCUT2D eigenvalue weighted by molar-refractivity contribution is -0.265. The van der Waals surface area contributed by atoms with E-state index in [0.29, 0.717) is 63.4 Å². The van der Waals surface area contributed by atoms with Crippen molar-refractivity contribution in [3.8, 4) is 0 Å². The Morgan fingerprint density at radius 2 is 1.57 bits per heavy atom. The number of aliphatic hydroxyl groups excluding tert-OH is 2. The molecule has 0 radical (unpaired) electrons. The first-order valence-corrected chi connectivity index (χ1v) is 27.0. The van der Waals surface area contributed by atoms with E-state index in [1.54, 1.807) is 41.1 Å². The van der Waals surface area contributed by atoms with Crippen molar-refractivity contribution in [2.45, 2.75) is 180 Å². The van der Waals surface area contributed by atoms with Gasteiger partial charge in [-0.05, 0) is 119 Å². The maximum Gasteiger partial charge on any atom is 0.355 e. The first-order chi connectivity index (χ1) is 36.4. The Balaban J connectivity index is 0.000000936. The molecule has 3 aliphatic heterocycles. The number of aliphatic hydroxyl groups is 3. The standard InChI is InChI=1S/C51H79NO13.C7H5NO4/c1-30-16-12-11-13-17-31(2)42(61-8)28-38-21-19-36(7)51(60,65-38)48(57)49(58)52-23-15-14-18-39(52)50(59)64-43(33(4)26-37-20-22-40(53)44(27-37)62-9)29-41(54)32(3)25-35(6)46(56)47(63-10)45(55)34(5)24-30;9-6(10)4-2-1-3-8-5(4)7(11)12/h11-13,16-17,25,30,32-34,36-40,42-44,46-47,53,56,60H,14-15,18-24,26-29H2,1-10H3;1-3H,(H,9,10)(H,11,12)/b13-11+,16-12+,31-17+,35-25+;/t30-,32-,33-,34-,36-,37+,38+,39+,40-,42+,43+,44-,46-,47+,51-;/m1./s1. The topological polar surface area (TPSA) is 283 Å². The summed E-state index contributed by atoms with van der Waals surface area (Å²) in [6, 6.07) is 1.42. The molecule has 1 aliphatic carbocycles. The van der Waals surface area contributed by atoms with Crippen LogP contribution >= 0.6 is 0 Å². The predicted molar refractivity (Wildman–Crippen MR) is 283 cm³/mol. The Morgan fingerprint density at radius 1 is 0.857 bits per heavy atom. The molecule has 0 spiro atoms. The normalized spacial score (nSPS) is 35.6. The summed E-state index contributed by atoms with van der Waals surface area (Å²) in [5.41, 5.74) is 0.526. The summed E-state index contributed by atoms with van der Waals surface area (Å²) in [5.74, 6) is -10.6. The van der Waals surface area contributed by atoms with Crippen LogP contribution in [0.3, 0.4) is 0 Å². The molecule has 2 bridgehead atoms. The molecule has 19 nitrogen and oxygen atoms in total. The second-order valence-corrected chi connectivity index (χ2v) is 21.6. The van der Waals surface area contributed by atoms with Gasteiger partial charge in [0.25, 0.3) is 11.7 Å². The van der Waals surface area contributed by atoms with Gasteiger partial charge in [0, 0.05) is 64.7 Å². The molecule has 19 heteroatoms. The molecule has 1 amide bonds. The van der Waals surface area contributed by atoms with Gasteiger partial charge < -0.3 is 54.1 Å². The summed E-state index contributed by atoms with van der Waals surface area (Å²) in [5, 5.41) is 50.8. The van der Waals surface area contributed by atoms with Gasteiger partial charge in [-0.2, -0.15) is 0 Å². The lowest BCUT2D eigenvalue weighted by Crippen LogP contribution is -2.61. The number of amides is 1. The van der Waals surface area contributed by atoms with Crippen molar-refractivity contribution in [2.75, 3.05) is 27.9 Å². The van der Waals surface area contributed by atoms with E-state index in [1.165, 1.54) is 30.3 Å². The van der Waals surface area contributed by atoms with Crippen molar-refractivity contribution in [1.82, 2.24) is 9.88 Å². The van der Waals surface area contributed by atoms with E-state index in [9.17, 15) is 48.9 Å². The Morgan fingerprint density at radius 3 is 2.21 bits per heavy atom. The number of methoxy groups -OCH3 is 3. The van der Waals surface area contributed by atoms with Crippen molar-refractivity contribution < 1.29 is 82.8 Å². The number of carboxylic acids is 2. The SMILES string of the molecule is CO[C@H]1C[C@@H]2CC[C@@H](C)[C@@](O)(O2)C(=O)C(=O)N2CCCC[C@H]2C(=O)O[C@H]([C@H](C)C[C@@H]2CC[C@@H](O)[C@H](OC)C2)CC(=O)[C@H](C)/C=C(\C)[C@@H](O)[C@@H](OC)C(=O)[C@H](C)C[C@H](C)/C=C/C=C/C=C/1C.O=C(O)c1cccnc1C(=O)O. The number of allylic oxidation sites excluding steroid dienone is 6. The summed E-state index contributed by atoms with van der Waals surface area (Å²) in [6.45, 7) is 12.7. The largest absolute Gasteiger partial charge is 0.478 e. The van der Waals surface area contributed by atoms with Crippen LogP contribution in [0.15, 0.2) is 65.9 Å². The molecule has 5 rings (SSSR count). The lowest BCUT2D eigenvalue weighted by atomic mass is 9.78. The second kappa shape index (κ2) is 30.2. The highest BCUT2D eigenvalue weighted by atomic mass is 16.6. The van der Waals surface area contributed by atoms with Gasteiger partial charge in [0.2, 0.25) is 5.79 Å². The minimum absolute atomic E-state index is 0.0193. The van der Waals surface area contributed by atoms with Crippen LogP contribution < -0.4 is 0 Å². The number of hydrogen-bond acceptors (Lipinski definition) is 16. The third-order valence-electron chi connectivity index (χ3n) is 15.7. The molecule has 428 valence electrons. The van der Waals surface area contributed by atoms with Gasteiger partial charge in [0.05, 0.1) is 30.0 Å². The molecule has 4 heterocycles. The van der Waals surface area contributed by atoms with Gasteiger partial charge in [-0.3, -0.25) is 19.2 Å². The van der Waals surface area contributed by atoms with Crippen molar-refractivity contribution in [2.24, 2.45) is 35.5 Å². The van der Waals surface area contributed by atoms with Crippen molar-refractivity contribution in [3.05, 3.63) is 77.2 Å². The van der Waals surface area contributed by atoms with Crippen LogP contribution in [-0.4, -0.2) is 159 Å². The minimum atomic E-state index is -2.43. The number of esters is 1. The Hall–Kier alpha value is -5.28. The Kier molecular flexibility index (Phi) is 25.2. The van der Waals surface area contributed by atoms with Crippen LogP contribution in [0.5, 0.6) is 0 Å². The number of aromatic carboxylic acids is 2. The van der Waals surface area contributed by atoms with Crippen molar-refractivity contribution in [3.63, 3.8) is 0 Å². The summed E-state index contributed by atoms with van der Waals surface area (Å²) in [6.07, 6.45) is 12.4. The molecule has 0 aromatic carbocycles. The molecule has 1 aromatic heterocycles. The first kappa shape index (κ1) is 64.2. The van der Waals surface area contributed by atoms with Crippen LogP contribution in [0, 0.1) is 35.5 Å². The van der Waals surface area contributed by atoms with E-state index in [1.807, 2.05) is 58.1 Å². The number of ether oxygens (including phenoxy) is 5. The fourth-order valence-corrected chi connectivity index (χ4v) is 10.9. The number of hydrogen-bond donors (Lipinski definition) is 5. The van der Waals surface area contributed by atoms with Gasteiger partial charge in [-0.25, -0.2) is 19.4 Å². The summed E-state index contributed by atoms with van der Waals surface area (Å²) in [7, 11) is 4.52. The fraction of sp³-hybridized carbons (Fsp3) is 0.655. The summed E-state index contributed by atoms with van der Waals surface area (Å²) >= 11 is 0. The number of cyclic esters (lactones) is 1. The van der Waals surface area contributed by atoms with Crippen LogP contribution in [0.1, 0.15) is 146 Å². The lowest BCUT2D eigenvalue weighted by Gasteiger charge is -2.42. The van der Waals surface area contributed by atoms with Gasteiger partial charge in [-0.1, -0.05) is 71.1 Å². The van der Waals surface area contributed by atoms with Crippen LogP contribution in [0.4, 0.5) is 0 Å². The van der Waals surface area contributed by atoms with E-state index in [-0.39, 0.29) is 60.4 Å². The monoisotopic (exact) mass is 1080 g/mol. The number of Topliss-reactive ketones (excluding diaryl/α,β-unsaturated/α-hetero) is 3. The van der Waals surface area contributed by atoms with E-state index in [2.05, 4.69) is 4.98 Å². The third kappa shape index (κ3) is 17.6. The highest BCUT2D eigenvalue weighted by molar-refractivity contribution is 6.39. The smallest absolute Gasteiger partial charge is 0.355 e. The van der Waals surface area contributed by atoms with Gasteiger partial charge >= 0.3 is 17.9 Å². The highest BCUT2D eigenvalue weighted by Crippen LogP contribution is 2.38. The number of ketones is 3. The van der Waals surface area contributed by atoms with Gasteiger partial charge in [-0.15, -0.1) is 0 Å². The maximum atomic E-state index is 14.4. The molecule has 1 aromatic rings. The number of carbonyl (C=O) groups is 7. The minimum Gasteiger partial charge on any atom is -0.478 e. The zero-order valence-corrected chi connectivity index (χ0v) is 46.5. The number of aromatic nitrogens is 1. The molecule has 1 saturated carbocycles. The average molecular weight is 1080 g/mol. The number of rotatable bonds is 8. The maximum absolute atomic E-state index is 14.4. The van der Waals surface area contributed by atoms with Crippen LogP contribution in [0.2, 0.25) is 0 Å². The zero-order chi connectivity index (χ0) is 57.3. The third-order valence-corrected chi connectivity index (χ3v) is 15.7. The number of pyridine rings is 1. The number of nitrogens with zero attached hydrogens (tertiary/aromatic N) is 2. The Bertz CT molecular complexity index is 2300. The highest BCUT2D eigenvalue weighted by Gasteiger charge is 2.53. The number of carboxylic acid groups (broad SMARTS) is 2. The van der Waals surface area contributed by atoms with E-state index >= 15 is 0 Å². The van der Waals surface area contributed by atoms with Crippen LogP contribution in [0.25, 0.3) is 0 Å². The first-order valence-electron chi connectivity index (χ1n) is 27.0. The Labute approximate surface area is 453 Å². The van der Waals surface area contributed by atoms with Crippen molar-refractivity contribution >= 4 is 41.2 Å². The molecule has 5 N–H and O–H groups in total. The number of carbonyl (C=O) groups excluding carboxylic acids is 5. The average Bonchev–Trinajstić information content (AvgIpc) is 3.40. The zero-order valence-electron chi connectivity index (χ0n) is 46.5. The molecule has 77 heavy (non-hydrogen) atoms. The number of piperidine rings is 1. The van der Waals surface area contributed by atoms with E-state index in [0.717, 1.165) is 12.0 Å². The molecule has 4 aliphatic rings. The molecular weight excluding hydrogens is 997 g/mol. The van der Waals surface area contributed by atoms with Crippen LogP contribution in [-0.2, 0) is 47.7 Å². The van der Waals surface area contributed by atoms with Gasteiger partial charge in [0.15, 0.2) is 11.5 Å². The second-order valence-electron chi connectivity index (χ2n) is 21.6. The fourth-order valence-electron chi connectivity index (χ4n) is 10.9.